The Morgan fingerprint density at radius 1 is 1.09 bits per heavy atom. The molecule has 2 aliphatic rings. The molecule has 2 saturated heterocycles. The highest BCUT2D eigenvalue weighted by Crippen LogP contribution is 2.29. The van der Waals surface area contributed by atoms with Crippen LogP contribution in [0, 0.1) is 5.82 Å². The molecular weight excluding hydrogens is 417 g/mol. The first-order valence-corrected chi connectivity index (χ1v) is 10.4. The van der Waals surface area contributed by atoms with Crippen LogP contribution in [0.25, 0.3) is 11.1 Å². The molecule has 0 aromatic heterocycles. The fraction of sp³-hybridized carbons (Fsp3) is 0.348. The van der Waals surface area contributed by atoms with Gasteiger partial charge in [-0.15, -0.1) is 0 Å². The van der Waals surface area contributed by atoms with Crippen LogP contribution in [0.2, 0.25) is 0 Å². The lowest BCUT2D eigenvalue weighted by atomic mass is 10.0. The molecule has 2 fully saturated rings. The number of halogens is 1. The molecule has 2 heterocycles. The molecule has 32 heavy (non-hydrogen) atoms. The fourth-order valence-electron chi connectivity index (χ4n) is 3.81. The summed E-state index contributed by atoms with van der Waals surface area (Å²) in [6.07, 6.45) is -1.52. The molecule has 0 spiro atoms. The van der Waals surface area contributed by atoms with Crippen molar-refractivity contribution in [3.8, 4) is 11.1 Å². The molecule has 0 radical (unpaired) electrons. The van der Waals surface area contributed by atoms with Gasteiger partial charge in [0.2, 0.25) is 5.91 Å². The van der Waals surface area contributed by atoms with Crippen molar-refractivity contribution in [1.82, 2.24) is 10.2 Å². The van der Waals surface area contributed by atoms with Gasteiger partial charge in [0.05, 0.1) is 25.3 Å². The van der Waals surface area contributed by atoms with Crippen molar-refractivity contribution in [3.05, 3.63) is 53.8 Å². The Labute approximate surface area is 184 Å². The van der Waals surface area contributed by atoms with Crippen LogP contribution < -0.4 is 10.2 Å². The lowest BCUT2D eigenvalue weighted by molar-refractivity contribution is -0.119. The van der Waals surface area contributed by atoms with Gasteiger partial charge < -0.3 is 19.7 Å². The highest BCUT2D eigenvalue weighted by molar-refractivity contribution is 5.90. The van der Waals surface area contributed by atoms with Crippen LogP contribution in [0.4, 0.5) is 19.7 Å². The van der Waals surface area contributed by atoms with Gasteiger partial charge in [0.1, 0.15) is 18.0 Å². The second-order valence-electron chi connectivity index (χ2n) is 7.99. The van der Waals surface area contributed by atoms with E-state index < -0.39 is 18.0 Å². The molecule has 1 unspecified atom stereocenters. The van der Waals surface area contributed by atoms with Gasteiger partial charge in [-0.3, -0.25) is 9.69 Å². The molecule has 4 rings (SSSR count). The number of anilines is 1. The quantitative estimate of drug-likeness (QED) is 0.743. The number of benzene rings is 2. The molecule has 168 valence electrons. The topological polar surface area (TPSA) is 88.2 Å². The van der Waals surface area contributed by atoms with Crippen molar-refractivity contribution in [3.63, 3.8) is 0 Å². The van der Waals surface area contributed by atoms with Crippen molar-refractivity contribution in [2.75, 3.05) is 24.5 Å². The van der Waals surface area contributed by atoms with Crippen LogP contribution in [0.15, 0.2) is 42.5 Å². The van der Waals surface area contributed by atoms with Gasteiger partial charge in [-0.2, -0.15) is 0 Å². The number of hydrogen-bond donors (Lipinski definition) is 1. The first kappa shape index (κ1) is 21.6. The molecule has 9 heteroatoms. The fourth-order valence-corrected chi connectivity index (χ4v) is 3.81. The maximum absolute atomic E-state index is 14.9. The third-order valence-electron chi connectivity index (χ3n) is 5.39. The Morgan fingerprint density at radius 3 is 2.47 bits per heavy atom. The second kappa shape index (κ2) is 8.86. The van der Waals surface area contributed by atoms with Gasteiger partial charge in [0.25, 0.3) is 0 Å². The summed E-state index contributed by atoms with van der Waals surface area (Å²) in [4.78, 5) is 37.9. The normalized spacial score (nSPS) is 20.3. The predicted octanol–water partition coefficient (Wildman–Crippen LogP) is 3.29. The van der Waals surface area contributed by atoms with Crippen molar-refractivity contribution in [2.45, 2.75) is 32.6 Å². The minimum atomic E-state index is -0.577. The smallest absolute Gasteiger partial charge is 0.414 e. The third-order valence-corrected chi connectivity index (χ3v) is 5.39. The molecule has 2 aromatic rings. The molecule has 0 bridgehead atoms. The average Bonchev–Trinajstić information content (AvgIpc) is 3.28. The molecule has 2 atom stereocenters. The van der Waals surface area contributed by atoms with Crippen LogP contribution in [-0.2, 0) is 20.8 Å². The number of hydrogen-bond acceptors (Lipinski definition) is 5. The zero-order valence-electron chi connectivity index (χ0n) is 17.8. The Kier molecular flexibility index (Phi) is 5.98. The first-order valence-electron chi connectivity index (χ1n) is 10.4. The summed E-state index contributed by atoms with van der Waals surface area (Å²) in [6, 6.07) is 11.9. The lowest BCUT2D eigenvalue weighted by Gasteiger charge is -2.15. The van der Waals surface area contributed by atoms with Crippen LogP contribution in [0.1, 0.15) is 19.4 Å². The van der Waals surface area contributed by atoms with Crippen LogP contribution in [0.3, 0.4) is 0 Å². The number of nitrogens with one attached hydrogen (secondary N) is 1. The second-order valence-corrected chi connectivity index (χ2v) is 7.99. The van der Waals surface area contributed by atoms with Crippen LogP contribution in [0.5, 0.6) is 0 Å². The van der Waals surface area contributed by atoms with Gasteiger partial charge in [-0.05, 0) is 36.2 Å². The SMILES string of the molecule is CC(=O)NC[C@H]1CN(c2ccc(-c3ccc(CN4CC(C)OC4=O)cc3)c(F)c2)C(=O)O1. The Hall–Kier alpha value is -3.62. The van der Waals surface area contributed by atoms with Gasteiger partial charge in [-0.25, -0.2) is 14.0 Å². The third kappa shape index (κ3) is 4.66. The summed E-state index contributed by atoms with van der Waals surface area (Å²) in [5.74, 6) is -0.679. The van der Waals surface area contributed by atoms with E-state index >= 15 is 0 Å². The molecule has 0 saturated carbocycles. The van der Waals surface area contributed by atoms with E-state index in [1.807, 2.05) is 19.1 Å². The van der Waals surface area contributed by atoms with Crippen LogP contribution >= 0.6 is 0 Å². The number of amides is 3. The Balaban J connectivity index is 1.44. The van der Waals surface area contributed by atoms with E-state index in [-0.39, 0.29) is 31.2 Å². The zero-order chi connectivity index (χ0) is 22.8. The number of carbonyl (C=O) groups excluding carboxylic acids is 3. The zero-order valence-corrected chi connectivity index (χ0v) is 17.8. The van der Waals surface area contributed by atoms with Crippen molar-refractivity contribution in [1.29, 1.82) is 0 Å². The minimum Gasteiger partial charge on any atom is -0.444 e. The monoisotopic (exact) mass is 441 g/mol. The summed E-state index contributed by atoms with van der Waals surface area (Å²) in [7, 11) is 0. The number of cyclic esters (lactones) is 2. The molecule has 0 aliphatic carbocycles. The summed E-state index contributed by atoms with van der Waals surface area (Å²) < 4.78 is 25.2. The standard InChI is InChI=1S/C23H24FN3O5/c1-14-11-26(22(29)31-14)12-16-3-5-17(6-4-16)20-8-7-18(9-21(20)24)27-13-19(32-23(27)30)10-25-15(2)28/h3-9,14,19H,10-13H2,1-2H3,(H,25,28)/t14?,19-/m0/s1. The Bertz CT molecular complexity index is 1040. The van der Waals surface area contributed by atoms with E-state index in [0.717, 1.165) is 5.56 Å². The molecular formula is C23H24FN3O5. The maximum atomic E-state index is 14.9. The maximum Gasteiger partial charge on any atom is 0.414 e. The summed E-state index contributed by atoms with van der Waals surface area (Å²) in [6.45, 7) is 4.64. The van der Waals surface area contributed by atoms with E-state index in [2.05, 4.69) is 5.32 Å². The van der Waals surface area contributed by atoms with E-state index in [9.17, 15) is 18.8 Å². The lowest BCUT2D eigenvalue weighted by Crippen LogP contribution is -2.33. The van der Waals surface area contributed by atoms with Crippen LogP contribution in [-0.4, -0.2) is 54.8 Å². The molecule has 2 aliphatic heterocycles. The summed E-state index contributed by atoms with van der Waals surface area (Å²) in [5, 5.41) is 2.61. The van der Waals surface area contributed by atoms with Gasteiger partial charge in [0.15, 0.2) is 0 Å². The van der Waals surface area contributed by atoms with E-state index in [0.29, 0.717) is 29.9 Å². The number of ether oxygens (including phenoxy) is 2. The van der Waals surface area contributed by atoms with Gasteiger partial charge in [0, 0.05) is 19.0 Å². The van der Waals surface area contributed by atoms with E-state index in [4.69, 9.17) is 9.47 Å². The average molecular weight is 441 g/mol. The number of rotatable bonds is 6. The van der Waals surface area contributed by atoms with Crippen molar-refractivity contribution in [2.24, 2.45) is 0 Å². The highest BCUT2D eigenvalue weighted by atomic mass is 19.1. The van der Waals surface area contributed by atoms with Gasteiger partial charge in [-0.1, -0.05) is 24.3 Å². The van der Waals surface area contributed by atoms with E-state index in [1.54, 1.807) is 29.2 Å². The van der Waals surface area contributed by atoms with Crippen molar-refractivity contribution >= 4 is 23.8 Å². The number of carbonyl (C=O) groups is 3. The molecule has 1 N–H and O–H groups in total. The highest BCUT2D eigenvalue weighted by Gasteiger charge is 2.33. The molecule has 2 aromatic carbocycles. The summed E-state index contributed by atoms with van der Waals surface area (Å²) >= 11 is 0. The van der Waals surface area contributed by atoms with Gasteiger partial charge >= 0.3 is 12.2 Å². The summed E-state index contributed by atoms with van der Waals surface area (Å²) in [5.41, 5.74) is 2.39. The van der Waals surface area contributed by atoms with E-state index in [1.165, 1.54) is 17.9 Å². The largest absolute Gasteiger partial charge is 0.444 e. The first-order chi connectivity index (χ1) is 15.3. The minimum absolute atomic E-state index is 0.122. The van der Waals surface area contributed by atoms with Crippen molar-refractivity contribution < 1.29 is 28.2 Å². The molecule has 8 nitrogen and oxygen atoms in total. The Morgan fingerprint density at radius 2 is 1.84 bits per heavy atom. The number of nitrogens with zero attached hydrogens (tertiary/aromatic N) is 2. The molecule has 3 amide bonds. The predicted molar refractivity (Wildman–Crippen MR) is 114 cm³/mol.